The summed E-state index contributed by atoms with van der Waals surface area (Å²) < 4.78 is 6.10. The van der Waals surface area contributed by atoms with E-state index < -0.39 is 0 Å². The van der Waals surface area contributed by atoms with Gasteiger partial charge in [0.25, 0.3) is 5.91 Å². The van der Waals surface area contributed by atoms with Crippen molar-refractivity contribution in [3.05, 3.63) is 77.6 Å². The van der Waals surface area contributed by atoms with E-state index in [2.05, 4.69) is 5.32 Å². The highest BCUT2D eigenvalue weighted by Crippen LogP contribution is 2.31. The van der Waals surface area contributed by atoms with Crippen molar-refractivity contribution in [1.29, 1.82) is 0 Å². The van der Waals surface area contributed by atoms with Crippen LogP contribution in [-0.2, 0) is 17.8 Å². The number of benzene rings is 2. The Morgan fingerprint density at radius 2 is 1.71 bits per heavy atom. The zero-order valence-corrected chi connectivity index (χ0v) is 17.5. The average Bonchev–Trinajstić information content (AvgIpc) is 3.49. The molecule has 0 radical (unpaired) electrons. The summed E-state index contributed by atoms with van der Waals surface area (Å²) in [4.78, 5) is 27.0. The van der Waals surface area contributed by atoms with Crippen LogP contribution in [0.1, 0.15) is 47.4 Å². The smallest absolute Gasteiger partial charge is 0.254 e. The lowest BCUT2D eigenvalue weighted by molar-refractivity contribution is -0.119. The van der Waals surface area contributed by atoms with Crippen LogP contribution < -0.4 is 5.32 Å². The highest BCUT2D eigenvalue weighted by Gasteiger charge is 2.25. The molecule has 1 saturated carbocycles. The van der Waals surface area contributed by atoms with E-state index in [-0.39, 0.29) is 17.7 Å². The van der Waals surface area contributed by atoms with Gasteiger partial charge in [0.15, 0.2) is 0 Å². The average molecular weight is 415 g/mol. The van der Waals surface area contributed by atoms with E-state index in [1.54, 1.807) is 0 Å². The number of hydrogen-bond donors (Lipinski definition) is 1. The molecule has 5 rings (SSSR count). The number of nitrogens with one attached hydrogen (secondary N) is 1. The highest BCUT2D eigenvalue weighted by molar-refractivity contribution is 5.94. The van der Waals surface area contributed by atoms with Crippen molar-refractivity contribution >= 4 is 17.5 Å². The summed E-state index contributed by atoms with van der Waals surface area (Å²) in [6.07, 6.45) is 4.99. The maximum atomic E-state index is 12.8. The van der Waals surface area contributed by atoms with Gasteiger partial charge in [-0.1, -0.05) is 31.0 Å². The monoisotopic (exact) mass is 414 g/mol. The highest BCUT2D eigenvalue weighted by atomic mass is 16.3. The molecule has 2 amide bonds. The molecule has 158 valence electrons. The van der Waals surface area contributed by atoms with Gasteiger partial charge < -0.3 is 14.6 Å². The van der Waals surface area contributed by atoms with Gasteiger partial charge in [-0.2, -0.15) is 0 Å². The second-order valence-corrected chi connectivity index (χ2v) is 8.45. The maximum absolute atomic E-state index is 12.8. The molecule has 1 fully saturated rings. The van der Waals surface area contributed by atoms with Crippen molar-refractivity contribution < 1.29 is 14.0 Å². The maximum Gasteiger partial charge on any atom is 0.254 e. The Labute approximate surface area is 182 Å². The summed E-state index contributed by atoms with van der Waals surface area (Å²) in [5.41, 5.74) is 3.56. The third-order valence-electron chi connectivity index (χ3n) is 6.34. The van der Waals surface area contributed by atoms with Gasteiger partial charge in [-0.05, 0) is 55.3 Å². The third kappa shape index (κ3) is 4.13. The SMILES string of the molecule is O=C(Nc1ccc(-c2cc3c(o2)CCN(C(=O)c2ccccc2)C3)cc1)C1CCCC1. The molecule has 0 spiro atoms. The number of amides is 2. The van der Waals surface area contributed by atoms with Crippen LogP contribution in [0.15, 0.2) is 65.1 Å². The number of fused-ring (bicyclic) bond motifs is 1. The number of anilines is 1. The molecular formula is C26H26N2O3. The largest absolute Gasteiger partial charge is 0.461 e. The Balaban J connectivity index is 1.27. The molecule has 0 bridgehead atoms. The number of carbonyl (C=O) groups excluding carboxylic acids is 2. The Hall–Kier alpha value is -3.34. The van der Waals surface area contributed by atoms with Crippen molar-refractivity contribution in [2.24, 2.45) is 5.92 Å². The van der Waals surface area contributed by atoms with Gasteiger partial charge in [-0.15, -0.1) is 0 Å². The number of furan rings is 1. The minimum Gasteiger partial charge on any atom is -0.461 e. The molecule has 1 aliphatic heterocycles. The quantitative estimate of drug-likeness (QED) is 0.632. The summed E-state index contributed by atoms with van der Waals surface area (Å²) in [5, 5.41) is 3.03. The number of nitrogens with zero attached hydrogens (tertiary/aromatic N) is 1. The molecule has 31 heavy (non-hydrogen) atoms. The van der Waals surface area contributed by atoms with Gasteiger partial charge in [0, 0.05) is 47.8 Å². The van der Waals surface area contributed by atoms with Gasteiger partial charge in [-0.25, -0.2) is 0 Å². The van der Waals surface area contributed by atoms with Gasteiger partial charge in [-0.3, -0.25) is 9.59 Å². The predicted octanol–water partition coefficient (Wildman–Crippen LogP) is 5.27. The van der Waals surface area contributed by atoms with E-state index in [4.69, 9.17) is 4.42 Å². The lowest BCUT2D eigenvalue weighted by Crippen LogP contribution is -2.35. The Kier molecular flexibility index (Phi) is 5.33. The first kappa shape index (κ1) is 19.6. The summed E-state index contributed by atoms with van der Waals surface area (Å²) in [7, 11) is 0. The zero-order valence-electron chi connectivity index (χ0n) is 17.5. The van der Waals surface area contributed by atoms with Crippen molar-refractivity contribution in [2.75, 3.05) is 11.9 Å². The van der Waals surface area contributed by atoms with E-state index >= 15 is 0 Å². The van der Waals surface area contributed by atoms with E-state index in [1.165, 1.54) is 0 Å². The summed E-state index contributed by atoms with van der Waals surface area (Å²) in [6.45, 7) is 1.21. The number of carbonyl (C=O) groups is 2. The second kappa shape index (κ2) is 8.42. The Bertz CT molecular complexity index is 1080. The fourth-order valence-electron chi connectivity index (χ4n) is 4.56. The van der Waals surface area contributed by atoms with Gasteiger partial charge in [0.1, 0.15) is 11.5 Å². The molecule has 0 saturated heterocycles. The van der Waals surface area contributed by atoms with Crippen molar-refractivity contribution in [1.82, 2.24) is 4.90 Å². The normalized spacial score (nSPS) is 16.2. The minimum atomic E-state index is 0.0522. The second-order valence-electron chi connectivity index (χ2n) is 8.45. The molecule has 1 aliphatic carbocycles. The van der Waals surface area contributed by atoms with Crippen LogP contribution in [0.2, 0.25) is 0 Å². The standard InChI is InChI=1S/C26H26N2O3/c29-25(19-6-4-5-7-19)27-22-12-10-18(11-13-22)24-16-21-17-28(15-14-23(21)31-24)26(30)20-8-2-1-3-9-20/h1-3,8-13,16,19H,4-7,14-15,17H2,(H,27,29). The lowest BCUT2D eigenvalue weighted by Gasteiger charge is -2.26. The molecule has 5 nitrogen and oxygen atoms in total. The van der Waals surface area contributed by atoms with Gasteiger partial charge in [0.2, 0.25) is 5.91 Å². The van der Waals surface area contributed by atoms with E-state index in [1.807, 2.05) is 65.6 Å². The van der Waals surface area contributed by atoms with Gasteiger partial charge in [0.05, 0.1) is 0 Å². The molecule has 2 heterocycles. The Morgan fingerprint density at radius 3 is 2.45 bits per heavy atom. The van der Waals surface area contributed by atoms with Crippen LogP contribution in [0.25, 0.3) is 11.3 Å². The van der Waals surface area contributed by atoms with E-state index in [9.17, 15) is 9.59 Å². The molecular weight excluding hydrogens is 388 g/mol. The van der Waals surface area contributed by atoms with Crippen molar-refractivity contribution in [3.8, 4) is 11.3 Å². The first-order valence-electron chi connectivity index (χ1n) is 11.0. The van der Waals surface area contributed by atoms with Crippen molar-refractivity contribution in [2.45, 2.75) is 38.6 Å². The predicted molar refractivity (Wildman–Crippen MR) is 120 cm³/mol. The first-order chi connectivity index (χ1) is 15.2. The fraction of sp³-hybridized carbons (Fsp3) is 0.308. The molecule has 2 aromatic carbocycles. The fourth-order valence-corrected chi connectivity index (χ4v) is 4.56. The van der Waals surface area contributed by atoms with Crippen LogP contribution in [0.5, 0.6) is 0 Å². The Morgan fingerprint density at radius 1 is 0.968 bits per heavy atom. The molecule has 3 aromatic rings. The van der Waals surface area contributed by atoms with Crippen LogP contribution in [-0.4, -0.2) is 23.3 Å². The summed E-state index contributed by atoms with van der Waals surface area (Å²) in [5.74, 6) is 2.08. The van der Waals surface area contributed by atoms with Crippen LogP contribution >= 0.6 is 0 Å². The summed E-state index contributed by atoms with van der Waals surface area (Å²) >= 11 is 0. The minimum absolute atomic E-state index is 0.0522. The van der Waals surface area contributed by atoms with Crippen molar-refractivity contribution in [3.63, 3.8) is 0 Å². The molecule has 1 N–H and O–H groups in total. The zero-order chi connectivity index (χ0) is 21.2. The topological polar surface area (TPSA) is 62.6 Å². The molecule has 1 aromatic heterocycles. The number of hydrogen-bond acceptors (Lipinski definition) is 3. The summed E-state index contributed by atoms with van der Waals surface area (Å²) in [6, 6.07) is 19.2. The first-order valence-corrected chi connectivity index (χ1v) is 11.0. The molecule has 5 heteroatoms. The van der Waals surface area contributed by atoms with Crippen LogP contribution in [0.3, 0.4) is 0 Å². The lowest BCUT2D eigenvalue weighted by atomic mass is 10.1. The van der Waals surface area contributed by atoms with E-state index in [0.717, 1.165) is 54.0 Å². The molecule has 0 unspecified atom stereocenters. The molecule has 0 atom stereocenters. The van der Waals surface area contributed by atoms with Crippen LogP contribution in [0.4, 0.5) is 5.69 Å². The van der Waals surface area contributed by atoms with E-state index in [0.29, 0.717) is 25.1 Å². The third-order valence-corrected chi connectivity index (χ3v) is 6.34. The molecule has 2 aliphatic rings. The van der Waals surface area contributed by atoms with Crippen LogP contribution in [0, 0.1) is 5.92 Å². The van der Waals surface area contributed by atoms with Gasteiger partial charge >= 0.3 is 0 Å². The number of rotatable bonds is 4.